The van der Waals surface area contributed by atoms with Crippen LogP contribution >= 0.6 is 0 Å². The summed E-state index contributed by atoms with van der Waals surface area (Å²) in [5, 5.41) is 10.2. The standard InChI is InChI=1S/C11H18N4O/c1-15-10(4-7-13-15)14-11(16)8-9-2-5-12-6-3-9/h4,7,9,12H,2-3,5-6,8H2,1H3,(H,14,16). The molecule has 0 saturated carbocycles. The SMILES string of the molecule is Cn1nccc1NC(=O)CC1CCNCC1. The van der Waals surface area contributed by atoms with E-state index in [1.54, 1.807) is 16.9 Å². The van der Waals surface area contributed by atoms with E-state index in [0.717, 1.165) is 31.7 Å². The molecule has 1 aromatic rings. The topological polar surface area (TPSA) is 59.0 Å². The molecule has 1 aliphatic rings. The molecule has 2 rings (SSSR count). The molecule has 0 atom stereocenters. The van der Waals surface area contributed by atoms with E-state index in [1.165, 1.54) is 0 Å². The van der Waals surface area contributed by atoms with E-state index in [0.29, 0.717) is 12.3 Å². The highest BCUT2D eigenvalue weighted by Crippen LogP contribution is 2.16. The number of amides is 1. The Hall–Kier alpha value is -1.36. The average Bonchev–Trinajstić information content (AvgIpc) is 2.66. The molecular weight excluding hydrogens is 204 g/mol. The third-order valence-electron chi connectivity index (χ3n) is 3.02. The van der Waals surface area contributed by atoms with Gasteiger partial charge in [-0.15, -0.1) is 0 Å². The maximum absolute atomic E-state index is 11.8. The molecule has 1 saturated heterocycles. The van der Waals surface area contributed by atoms with Crippen LogP contribution in [-0.2, 0) is 11.8 Å². The molecule has 5 heteroatoms. The van der Waals surface area contributed by atoms with E-state index < -0.39 is 0 Å². The van der Waals surface area contributed by atoms with Crippen LogP contribution in [0.1, 0.15) is 19.3 Å². The minimum Gasteiger partial charge on any atom is -0.317 e. The molecule has 88 valence electrons. The van der Waals surface area contributed by atoms with Crippen LogP contribution in [0.2, 0.25) is 0 Å². The van der Waals surface area contributed by atoms with E-state index in [2.05, 4.69) is 15.7 Å². The van der Waals surface area contributed by atoms with Crippen LogP contribution in [0.25, 0.3) is 0 Å². The number of nitrogens with one attached hydrogen (secondary N) is 2. The zero-order valence-corrected chi connectivity index (χ0v) is 9.57. The number of aryl methyl sites for hydroxylation is 1. The van der Waals surface area contributed by atoms with E-state index in [-0.39, 0.29) is 5.91 Å². The van der Waals surface area contributed by atoms with Crippen LogP contribution in [0.5, 0.6) is 0 Å². The molecule has 0 aromatic carbocycles. The highest BCUT2D eigenvalue weighted by atomic mass is 16.1. The Morgan fingerprint density at radius 2 is 2.38 bits per heavy atom. The van der Waals surface area contributed by atoms with E-state index in [1.807, 2.05) is 7.05 Å². The Labute approximate surface area is 95.2 Å². The van der Waals surface area contributed by atoms with Gasteiger partial charge in [0.25, 0.3) is 0 Å². The lowest BCUT2D eigenvalue weighted by Gasteiger charge is -2.21. The van der Waals surface area contributed by atoms with Gasteiger partial charge in [0.05, 0.1) is 6.20 Å². The van der Waals surface area contributed by atoms with Gasteiger partial charge in [-0.1, -0.05) is 0 Å². The van der Waals surface area contributed by atoms with Gasteiger partial charge in [-0.3, -0.25) is 9.48 Å². The molecule has 1 amide bonds. The number of carbonyl (C=O) groups excluding carboxylic acids is 1. The normalized spacial score (nSPS) is 17.3. The second-order valence-corrected chi connectivity index (χ2v) is 4.29. The van der Waals surface area contributed by atoms with E-state index in [9.17, 15) is 4.79 Å². The van der Waals surface area contributed by atoms with Crippen LogP contribution in [0.15, 0.2) is 12.3 Å². The number of aromatic nitrogens is 2. The van der Waals surface area contributed by atoms with Crippen LogP contribution in [0, 0.1) is 5.92 Å². The zero-order chi connectivity index (χ0) is 11.4. The fraction of sp³-hybridized carbons (Fsp3) is 0.636. The van der Waals surface area contributed by atoms with Gasteiger partial charge < -0.3 is 10.6 Å². The van der Waals surface area contributed by atoms with Crippen molar-refractivity contribution in [1.82, 2.24) is 15.1 Å². The van der Waals surface area contributed by atoms with Crippen molar-refractivity contribution in [3.05, 3.63) is 12.3 Å². The summed E-state index contributed by atoms with van der Waals surface area (Å²) in [4.78, 5) is 11.8. The van der Waals surface area contributed by atoms with Crippen molar-refractivity contribution in [3.8, 4) is 0 Å². The van der Waals surface area contributed by atoms with Crippen molar-refractivity contribution in [3.63, 3.8) is 0 Å². The summed E-state index contributed by atoms with van der Waals surface area (Å²) in [5.74, 6) is 1.38. The first-order valence-corrected chi connectivity index (χ1v) is 5.74. The predicted molar refractivity (Wildman–Crippen MR) is 62.0 cm³/mol. The van der Waals surface area contributed by atoms with Gasteiger partial charge in [-0.05, 0) is 31.8 Å². The van der Waals surface area contributed by atoms with Gasteiger partial charge in [0.15, 0.2) is 0 Å². The van der Waals surface area contributed by atoms with Crippen molar-refractivity contribution < 1.29 is 4.79 Å². The average molecular weight is 222 g/mol. The van der Waals surface area contributed by atoms with Gasteiger partial charge in [-0.25, -0.2) is 0 Å². The zero-order valence-electron chi connectivity index (χ0n) is 9.57. The van der Waals surface area contributed by atoms with Gasteiger partial charge >= 0.3 is 0 Å². The highest BCUT2D eigenvalue weighted by Gasteiger charge is 2.17. The Balaban J connectivity index is 1.82. The molecule has 5 nitrogen and oxygen atoms in total. The van der Waals surface area contributed by atoms with Crippen molar-refractivity contribution in [2.24, 2.45) is 13.0 Å². The molecule has 2 heterocycles. The molecule has 0 spiro atoms. The van der Waals surface area contributed by atoms with Crippen LogP contribution < -0.4 is 10.6 Å². The van der Waals surface area contributed by atoms with Crippen molar-refractivity contribution >= 4 is 11.7 Å². The van der Waals surface area contributed by atoms with Gasteiger partial charge in [0.1, 0.15) is 5.82 Å². The summed E-state index contributed by atoms with van der Waals surface area (Å²) in [7, 11) is 1.82. The van der Waals surface area contributed by atoms with E-state index >= 15 is 0 Å². The molecule has 1 fully saturated rings. The summed E-state index contributed by atoms with van der Waals surface area (Å²) >= 11 is 0. The molecule has 1 aromatic heterocycles. The van der Waals surface area contributed by atoms with Crippen molar-refractivity contribution in [1.29, 1.82) is 0 Å². The number of rotatable bonds is 3. The minimum absolute atomic E-state index is 0.0931. The maximum atomic E-state index is 11.8. The molecule has 1 aliphatic heterocycles. The molecule has 0 bridgehead atoms. The Kier molecular flexibility index (Phi) is 3.56. The van der Waals surface area contributed by atoms with Crippen molar-refractivity contribution in [2.45, 2.75) is 19.3 Å². The smallest absolute Gasteiger partial charge is 0.225 e. The first-order chi connectivity index (χ1) is 7.75. The third-order valence-corrected chi connectivity index (χ3v) is 3.02. The quantitative estimate of drug-likeness (QED) is 0.793. The molecule has 16 heavy (non-hydrogen) atoms. The Bertz CT molecular complexity index is 355. The lowest BCUT2D eigenvalue weighted by atomic mass is 9.94. The Morgan fingerprint density at radius 3 is 3.00 bits per heavy atom. The summed E-state index contributed by atoms with van der Waals surface area (Å²) in [6, 6.07) is 1.81. The second kappa shape index (κ2) is 5.12. The maximum Gasteiger partial charge on any atom is 0.225 e. The number of piperidine rings is 1. The van der Waals surface area contributed by atoms with Crippen LogP contribution in [0.3, 0.4) is 0 Å². The fourth-order valence-electron chi connectivity index (χ4n) is 2.04. The number of carbonyl (C=O) groups is 1. The summed E-state index contributed by atoms with van der Waals surface area (Å²) < 4.78 is 1.67. The molecule has 2 N–H and O–H groups in total. The number of anilines is 1. The monoisotopic (exact) mass is 222 g/mol. The van der Waals surface area contributed by atoms with Crippen LogP contribution in [0.4, 0.5) is 5.82 Å². The van der Waals surface area contributed by atoms with Crippen molar-refractivity contribution in [2.75, 3.05) is 18.4 Å². The number of hydrogen-bond acceptors (Lipinski definition) is 3. The van der Waals surface area contributed by atoms with Gasteiger partial charge in [0, 0.05) is 19.5 Å². The fourth-order valence-corrected chi connectivity index (χ4v) is 2.04. The van der Waals surface area contributed by atoms with Gasteiger partial charge in [0.2, 0.25) is 5.91 Å². The largest absolute Gasteiger partial charge is 0.317 e. The predicted octanol–water partition coefficient (Wildman–Crippen LogP) is 0.748. The van der Waals surface area contributed by atoms with Gasteiger partial charge in [-0.2, -0.15) is 5.10 Å². The Morgan fingerprint density at radius 1 is 1.62 bits per heavy atom. The lowest BCUT2D eigenvalue weighted by Crippen LogP contribution is -2.30. The first-order valence-electron chi connectivity index (χ1n) is 5.74. The third kappa shape index (κ3) is 2.82. The summed E-state index contributed by atoms with van der Waals surface area (Å²) in [6.45, 7) is 2.06. The summed E-state index contributed by atoms with van der Waals surface area (Å²) in [6.07, 6.45) is 4.49. The van der Waals surface area contributed by atoms with E-state index in [4.69, 9.17) is 0 Å². The second-order valence-electron chi connectivity index (χ2n) is 4.29. The molecule has 0 unspecified atom stereocenters. The lowest BCUT2D eigenvalue weighted by molar-refractivity contribution is -0.117. The van der Waals surface area contributed by atoms with Crippen LogP contribution in [-0.4, -0.2) is 28.8 Å². The molecular formula is C11H18N4O. The number of nitrogens with zero attached hydrogens (tertiary/aromatic N) is 2. The molecule has 0 aliphatic carbocycles. The first kappa shape index (κ1) is 11.1. The highest BCUT2D eigenvalue weighted by molar-refractivity contribution is 5.89. The number of hydrogen-bond donors (Lipinski definition) is 2. The summed E-state index contributed by atoms with van der Waals surface area (Å²) in [5.41, 5.74) is 0. The minimum atomic E-state index is 0.0931. The molecule has 0 radical (unpaired) electrons.